The van der Waals surface area contributed by atoms with Crippen molar-refractivity contribution in [3.8, 4) is 5.75 Å². The summed E-state index contributed by atoms with van der Waals surface area (Å²) in [4.78, 5) is 11.4. The van der Waals surface area contributed by atoms with E-state index >= 15 is 0 Å². The van der Waals surface area contributed by atoms with Crippen molar-refractivity contribution >= 4 is 21.7 Å². The number of hydrogen-bond acceptors (Lipinski definition) is 5. The first-order valence-electron chi connectivity index (χ1n) is 6.31. The highest BCUT2D eigenvalue weighted by Gasteiger charge is 2.15. The molecule has 0 heterocycles. The van der Waals surface area contributed by atoms with Gasteiger partial charge in [-0.25, -0.2) is 13.2 Å². The molecular formula is C13H19NO5S. The molecule has 6 nitrogen and oxygen atoms in total. The summed E-state index contributed by atoms with van der Waals surface area (Å²) in [5, 5.41) is 0. The van der Waals surface area contributed by atoms with Crippen LogP contribution in [-0.2, 0) is 19.6 Å². The van der Waals surface area contributed by atoms with E-state index in [1.165, 1.54) is 0 Å². The van der Waals surface area contributed by atoms with Crippen molar-refractivity contribution in [3.05, 3.63) is 24.3 Å². The summed E-state index contributed by atoms with van der Waals surface area (Å²) < 4.78 is 35.4. The first kappa shape index (κ1) is 16.3. The zero-order valence-corrected chi connectivity index (χ0v) is 12.6. The Hall–Kier alpha value is -1.76. The van der Waals surface area contributed by atoms with Gasteiger partial charge in [0.25, 0.3) is 0 Å². The summed E-state index contributed by atoms with van der Waals surface area (Å²) in [6.45, 7) is 5.16. The van der Waals surface area contributed by atoms with E-state index in [0.717, 1.165) is 0 Å². The van der Waals surface area contributed by atoms with Crippen LogP contribution in [0.25, 0.3) is 0 Å². The van der Waals surface area contributed by atoms with Crippen molar-refractivity contribution < 1.29 is 22.7 Å². The van der Waals surface area contributed by atoms with Crippen LogP contribution < -0.4 is 9.46 Å². The summed E-state index contributed by atoms with van der Waals surface area (Å²) in [6, 6.07) is 6.31. The predicted octanol–water partition coefficient (Wildman–Crippen LogP) is 1.78. The highest BCUT2D eigenvalue weighted by atomic mass is 32.2. The normalized spacial score (nSPS) is 12.6. The molecule has 20 heavy (non-hydrogen) atoms. The summed E-state index contributed by atoms with van der Waals surface area (Å²) in [5.74, 6) is 0.0266. The van der Waals surface area contributed by atoms with Gasteiger partial charge >= 0.3 is 5.97 Å². The molecule has 0 fully saturated rings. The van der Waals surface area contributed by atoms with Crippen molar-refractivity contribution in [3.63, 3.8) is 0 Å². The number of sulfonamides is 1. The SMILES string of the molecule is CCOC(=O)C(C)Oc1ccc(NS(=O)(=O)CC)cc1. The third-order valence-corrected chi connectivity index (χ3v) is 3.75. The van der Waals surface area contributed by atoms with Crippen LogP contribution in [-0.4, -0.2) is 32.9 Å². The van der Waals surface area contributed by atoms with Crippen molar-refractivity contribution in [2.75, 3.05) is 17.1 Å². The lowest BCUT2D eigenvalue weighted by Crippen LogP contribution is -2.26. The minimum Gasteiger partial charge on any atom is -0.479 e. The highest BCUT2D eigenvalue weighted by Crippen LogP contribution is 2.18. The lowest BCUT2D eigenvalue weighted by Gasteiger charge is -2.13. The molecule has 0 aliphatic heterocycles. The van der Waals surface area contributed by atoms with E-state index in [9.17, 15) is 13.2 Å². The van der Waals surface area contributed by atoms with E-state index in [1.54, 1.807) is 45.0 Å². The third-order valence-electron chi connectivity index (χ3n) is 2.44. The third kappa shape index (κ3) is 5.08. The Morgan fingerprint density at radius 3 is 2.35 bits per heavy atom. The molecule has 0 saturated carbocycles. The van der Waals surface area contributed by atoms with E-state index in [-0.39, 0.29) is 5.75 Å². The molecule has 0 spiro atoms. The number of carbonyl (C=O) groups excluding carboxylic acids is 1. The first-order valence-corrected chi connectivity index (χ1v) is 7.97. The second kappa shape index (κ2) is 7.14. The van der Waals surface area contributed by atoms with E-state index in [0.29, 0.717) is 18.0 Å². The van der Waals surface area contributed by atoms with Crippen LogP contribution in [0.2, 0.25) is 0 Å². The lowest BCUT2D eigenvalue weighted by atomic mass is 10.3. The van der Waals surface area contributed by atoms with Crippen LogP contribution in [0.3, 0.4) is 0 Å². The van der Waals surface area contributed by atoms with Crippen LogP contribution in [0.15, 0.2) is 24.3 Å². The van der Waals surface area contributed by atoms with E-state index in [1.807, 2.05) is 0 Å². The van der Waals surface area contributed by atoms with Gasteiger partial charge in [-0.2, -0.15) is 0 Å². The Morgan fingerprint density at radius 2 is 1.85 bits per heavy atom. The van der Waals surface area contributed by atoms with Crippen molar-refractivity contribution in [1.82, 2.24) is 0 Å². The van der Waals surface area contributed by atoms with Gasteiger partial charge < -0.3 is 9.47 Å². The minimum atomic E-state index is -3.29. The largest absolute Gasteiger partial charge is 0.479 e. The van der Waals surface area contributed by atoms with E-state index in [2.05, 4.69) is 4.72 Å². The van der Waals surface area contributed by atoms with Crippen LogP contribution in [0.5, 0.6) is 5.75 Å². The van der Waals surface area contributed by atoms with Gasteiger partial charge in [0, 0.05) is 5.69 Å². The first-order chi connectivity index (χ1) is 9.38. The molecular weight excluding hydrogens is 282 g/mol. The average molecular weight is 301 g/mol. The fourth-order valence-corrected chi connectivity index (χ4v) is 2.00. The van der Waals surface area contributed by atoms with Gasteiger partial charge in [0.1, 0.15) is 5.75 Å². The Balaban J connectivity index is 2.65. The summed E-state index contributed by atoms with van der Waals surface area (Å²) in [7, 11) is -3.29. The molecule has 1 atom stereocenters. The molecule has 112 valence electrons. The van der Waals surface area contributed by atoms with Crippen molar-refractivity contribution in [2.24, 2.45) is 0 Å². The maximum atomic E-state index is 11.4. The fraction of sp³-hybridized carbons (Fsp3) is 0.462. The van der Waals surface area contributed by atoms with Gasteiger partial charge in [0.2, 0.25) is 10.0 Å². The summed E-state index contributed by atoms with van der Waals surface area (Å²) >= 11 is 0. The quantitative estimate of drug-likeness (QED) is 0.776. The van der Waals surface area contributed by atoms with Crippen LogP contribution in [0, 0.1) is 0 Å². The fourth-order valence-electron chi connectivity index (χ4n) is 1.37. The maximum Gasteiger partial charge on any atom is 0.347 e. The average Bonchev–Trinajstić information content (AvgIpc) is 2.41. The monoisotopic (exact) mass is 301 g/mol. The number of benzene rings is 1. The van der Waals surface area contributed by atoms with Crippen LogP contribution >= 0.6 is 0 Å². The number of anilines is 1. The van der Waals surface area contributed by atoms with Crippen LogP contribution in [0.1, 0.15) is 20.8 Å². The molecule has 0 saturated heterocycles. The minimum absolute atomic E-state index is 0.00510. The van der Waals surface area contributed by atoms with Crippen molar-refractivity contribution in [2.45, 2.75) is 26.9 Å². The predicted molar refractivity (Wildman–Crippen MR) is 76.2 cm³/mol. The molecule has 1 N–H and O–H groups in total. The van der Waals surface area contributed by atoms with Gasteiger partial charge in [0.15, 0.2) is 6.10 Å². The Morgan fingerprint density at radius 1 is 1.25 bits per heavy atom. The smallest absolute Gasteiger partial charge is 0.347 e. The highest BCUT2D eigenvalue weighted by molar-refractivity contribution is 7.92. The second-order valence-electron chi connectivity index (χ2n) is 4.04. The number of nitrogens with one attached hydrogen (secondary N) is 1. The Bertz CT molecular complexity index is 538. The number of hydrogen-bond donors (Lipinski definition) is 1. The topological polar surface area (TPSA) is 81.7 Å². The molecule has 1 rings (SSSR count). The number of carbonyl (C=O) groups is 1. The Labute approximate surface area is 119 Å². The van der Waals surface area contributed by atoms with Crippen molar-refractivity contribution in [1.29, 1.82) is 0 Å². The zero-order chi connectivity index (χ0) is 15.2. The lowest BCUT2D eigenvalue weighted by molar-refractivity contribution is -0.150. The standard InChI is InChI=1S/C13H19NO5S/c1-4-18-13(15)10(3)19-12-8-6-11(7-9-12)14-20(16,17)5-2/h6-10,14H,4-5H2,1-3H3. The second-order valence-corrected chi connectivity index (χ2v) is 6.05. The Kier molecular flexibility index (Phi) is 5.82. The molecule has 1 aromatic rings. The van der Waals surface area contributed by atoms with Gasteiger partial charge in [-0.1, -0.05) is 0 Å². The number of rotatable bonds is 7. The molecule has 0 aliphatic rings. The van der Waals surface area contributed by atoms with E-state index < -0.39 is 22.1 Å². The van der Waals surface area contributed by atoms with Crippen LogP contribution in [0.4, 0.5) is 5.69 Å². The maximum absolute atomic E-state index is 11.4. The summed E-state index contributed by atoms with van der Waals surface area (Å²) in [5.41, 5.74) is 0.447. The molecule has 1 aromatic carbocycles. The molecule has 0 aromatic heterocycles. The molecule has 0 aliphatic carbocycles. The summed E-state index contributed by atoms with van der Waals surface area (Å²) in [6.07, 6.45) is -0.715. The van der Waals surface area contributed by atoms with Gasteiger partial charge in [0.05, 0.1) is 12.4 Å². The molecule has 1 unspecified atom stereocenters. The number of ether oxygens (including phenoxy) is 2. The molecule has 0 amide bonds. The zero-order valence-electron chi connectivity index (χ0n) is 11.8. The molecule has 0 radical (unpaired) electrons. The molecule has 7 heteroatoms. The number of esters is 1. The van der Waals surface area contributed by atoms with Gasteiger partial charge in [-0.15, -0.1) is 0 Å². The van der Waals surface area contributed by atoms with E-state index in [4.69, 9.17) is 9.47 Å². The van der Waals surface area contributed by atoms with Gasteiger partial charge in [-0.3, -0.25) is 4.72 Å². The molecule has 0 bridgehead atoms. The van der Waals surface area contributed by atoms with Gasteiger partial charge in [-0.05, 0) is 45.0 Å².